The molecule has 1 aromatic carbocycles. The van der Waals surface area contributed by atoms with E-state index >= 15 is 0 Å². The number of hydrogen-bond donors (Lipinski definition) is 0. The molecule has 0 aromatic heterocycles. The standard InChI is InChI=1S/C16H17NO/c1-2-15-9-14(18)17-8-7-12-5-3-4-6-13(12)16(17,10-15)11-15/h2-6H,1,7-11H2. The molecule has 1 saturated carbocycles. The molecule has 2 bridgehead atoms. The Morgan fingerprint density at radius 3 is 2.83 bits per heavy atom. The second-order valence-electron chi connectivity index (χ2n) is 6.08. The van der Waals surface area contributed by atoms with Crippen LogP contribution >= 0.6 is 0 Å². The van der Waals surface area contributed by atoms with E-state index in [0.29, 0.717) is 12.3 Å². The minimum absolute atomic E-state index is 0.00162. The van der Waals surface area contributed by atoms with Gasteiger partial charge in [-0.15, -0.1) is 6.58 Å². The highest BCUT2D eigenvalue weighted by Crippen LogP contribution is 2.65. The molecule has 1 spiro atoms. The van der Waals surface area contributed by atoms with Crippen LogP contribution in [0.25, 0.3) is 0 Å². The highest BCUT2D eigenvalue weighted by molar-refractivity contribution is 5.82. The monoisotopic (exact) mass is 239 g/mol. The molecule has 2 heteroatoms. The lowest BCUT2D eigenvalue weighted by atomic mass is 9.49. The van der Waals surface area contributed by atoms with Gasteiger partial charge in [-0.05, 0) is 30.4 Å². The molecular formula is C16H17NO. The Kier molecular flexibility index (Phi) is 1.76. The van der Waals surface area contributed by atoms with E-state index in [9.17, 15) is 4.79 Å². The van der Waals surface area contributed by atoms with E-state index in [4.69, 9.17) is 0 Å². The summed E-state index contributed by atoms with van der Waals surface area (Å²) < 4.78 is 0. The Morgan fingerprint density at radius 1 is 1.28 bits per heavy atom. The van der Waals surface area contributed by atoms with Gasteiger partial charge in [0.15, 0.2) is 0 Å². The quantitative estimate of drug-likeness (QED) is 0.690. The molecule has 3 fully saturated rings. The van der Waals surface area contributed by atoms with E-state index in [1.54, 1.807) is 0 Å². The fourth-order valence-electron chi connectivity index (χ4n) is 4.38. The summed E-state index contributed by atoms with van der Waals surface area (Å²) in [5.41, 5.74) is 2.90. The van der Waals surface area contributed by atoms with Gasteiger partial charge in [0.05, 0.1) is 5.54 Å². The van der Waals surface area contributed by atoms with Crippen molar-refractivity contribution in [3.8, 4) is 0 Å². The van der Waals surface area contributed by atoms with Crippen LogP contribution in [0, 0.1) is 5.41 Å². The summed E-state index contributed by atoms with van der Waals surface area (Å²) in [6.07, 6.45) is 5.84. The fraction of sp³-hybridized carbons (Fsp3) is 0.438. The Balaban J connectivity index is 1.87. The van der Waals surface area contributed by atoms with Crippen LogP contribution in [-0.2, 0) is 16.8 Å². The number of amides is 1. The molecule has 3 heterocycles. The van der Waals surface area contributed by atoms with Gasteiger partial charge in [-0.25, -0.2) is 0 Å². The summed E-state index contributed by atoms with van der Waals surface area (Å²) >= 11 is 0. The summed E-state index contributed by atoms with van der Waals surface area (Å²) in [6.45, 7) is 4.84. The third-order valence-corrected chi connectivity index (χ3v) is 5.17. The first-order valence-corrected chi connectivity index (χ1v) is 6.72. The Labute approximate surface area is 107 Å². The van der Waals surface area contributed by atoms with Crippen molar-refractivity contribution in [2.45, 2.75) is 31.2 Å². The number of benzene rings is 1. The number of hydrogen-bond acceptors (Lipinski definition) is 1. The molecule has 92 valence electrons. The third-order valence-electron chi connectivity index (χ3n) is 5.17. The number of fused-ring (bicyclic) bond motifs is 2. The van der Waals surface area contributed by atoms with Crippen LogP contribution in [-0.4, -0.2) is 17.4 Å². The van der Waals surface area contributed by atoms with E-state index in [0.717, 1.165) is 25.8 Å². The smallest absolute Gasteiger partial charge is 0.224 e. The van der Waals surface area contributed by atoms with Gasteiger partial charge in [0.1, 0.15) is 0 Å². The van der Waals surface area contributed by atoms with Crippen LogP contribution in [0.2, 0.25) is 0 Å². The van der Waals surface area contributed by atoms with Crippen molar-refractivity contribution in [2.24, 2.45) is 5.41 Å². The van der Waals surface area contributed by atoms with Gasteiger partial charge in [0.2, 0.25) is 5.91 Å². The molecule has 18 heavy (non-hydrogen) atoms. The molecule has 1 aliphatic carbocycles. The van der Waals surface area contributed by atoms with E-state index in [2.05, 4.69) is 35.7 Å². The van der Waals surface area contributed by atoms with Gasteiger partial charge in [-0.2, -0.15) is 0 Å². The maximum atomic E-state index is 12.3. The molecule has 2 saturated heterocycles. The van der Waals surface area contributed by atoms with Crippen molar-refractivity contribution in [1.82, 2.24) is 4.90 Å². The predicted molar refractivity (Wildman–Crippen MR) is 70.0 cm³/mol. The molecule has 2 nitrogen and oxygen atoms in total. The molecule has 0 N–H and O–H groups in total. The number of piperidine rings is 2. The highest BCUT2D eigenvalue weighted by Gasteiger charge is 2.64. The first kappa shape index (κ1) is 10.4. The molecule has 1 aromatic rings. The SMILES string of the molecule is C=CC12CC(=O)N3CCc4ccccc4C3(C1)C2. The first-order valence-electron chi connectivity index (χ1n) is 6.72. The van der Waals surface area contributed by atoms with Gasteiger partial charge in [0, 0.05) is 18.4 Å². The van der Waals surface area contributed by atoms with Gasteiger partial charge < -0.3 is 4.90 Å². The molecule has 3 aliphatic heterocycles. The van der Waals surface area contributed by atoms with Crippen molar-refractivity contribution in [3.63, 3.8) is 0 Å². The lowest BCUT2D eigenvalue weighted by molar-refractivity contribution is -0.174. The van der Waals surface area contributed by atoms with Crippen molar-refractivity contribution >= 4 is 5.91 Å². The lowest BCUT2D eigenvalue weighted by Gasteiger charge is -2.66. The predicted octanol–water partition coefficient (Wildman–Crippen LogP) is 2.64. The van der Waals surface area contributed by atoms with Crippen molar-refractivity contribution < 1.29 is 4.79 Å². The number of rotatable bonds is 1. The van der Waals surface area contributed by atoms with Crippen LogP contribution in [0.4, 0.5) is 0 Å². The molecule has 0 atom stereocenters. The second-order valence-corrected chi connectivity index (χ2v) is 6.08. The summed E-state index contributed by atoms with van der Waals surface area (Å²) in [5.74, 6) is 0.321. The van der Waals surface area contributed by atoms with Crippen molar-refractivity contribution in [2.75, 3.05) is 6.54 Å². The van der Waals surface area contributed by atoms with Crippen LogP contribution in [0.3, 0.4) is 0 Å². The molecule has 4 aliphatic rings. The van der Waals surface area contributed by atoms with E-state index < -0.39 is 0 Å². The van der Waals surface area contributed by atoms with E-state index in [1.165, 1.54) is 11.1 Å². The van der Waals surface area contributed by atoms with Crippen LogP contribution < -0.4 is 0 Å². The summed E-state index contributed by atoms with van der Waals surface area (Å²) in [6, 6.07) is 8.64. The lowest BCUT2D eigenvalue weighted by Crippen LogP contribution is -2.68. The van der Waals surface area contributed by atoms with E-state index in [1.807, 2.05) is 6.08 Å². The topological polar surface area (TPSA) is 20.3 Å². The normalized spacial score (nSPS) is 36.4. The third kappa shape index (κ3) is 1.02. The summed E-state index contributed by atoms with van der Waals surface area (Å²) in [5, 5.41) is 0. The summed E-state index contributed by atoms with van der Waals surface area (Å²) in [7, 11) is 0. The maximum Gasteiger partial charge on any atom is 0.224 e. The van der Waals surface area contributed by atoms with E-state index in [-0.39, 0.29) is 11.0 Å². The molecule has 0 radical (unpaired) electrons. The zero-order chi connectivity index (χ0) is 12.4. The largest absolute Gasteiger partial charge is 0.333 e. The number of carbonyl (C=O) groups excluding carboxylic acids is 1. The van der Waals surface area contributed by atoms with Crippen molar-refractivity contribution in [1.29, 1.82) is 0 Å². The van der Waals surface area contributed by atoms with Gasteiger partial charge >= 0.3 is 0 Å². The molecule has 1 amide bonds. The Morgan fingerprint density at radius 2 is 2.06 bits per heavy atom. The van der Waals surface area contributed by atoms with Crippen molar-refractivity contribution in [3.05, 3.63) is 48.0 Å². The minimum Gasteiger partial charge on any atom is -0.333 e. The second kappa shape index (κ2) is 3.05. The molecule has 0 unspecified atom stereocenters. The summed E-state index contributed by atoms with van der Waals surface area (Å²) in [4.78, 5) is 14.5. The number of nitrogens with zero attached hydrogens (tertiary/aromatic N) is 1. The molecule has 5 rings (SSSR count). The van der Waals surface area contributed by atoms with Gasteiger partial charge in [0.25, 0.3) is 0 Å². The average Bonchev–Trinajstić information content (AvgIpc) is 2.37. The minimum atomic E-state index is -0.00162. The van der Waals surface area contributed by atoms with Crippen LogP contribution in [0.1, 0.15) is 30.4 Å². The zero-order valence-electron chi connectivity index (χ0n) is 10.5. The van der Waals surface area contributed by atoms with Crippen LogP contribution in [0.15, 0.2) is 36.9 Å². The number of allylic oxidation sites excluding steroid dienone is 1. The fourth-order valence-corrected chi connectivity index (χ4v) is 4.38. The first-order chi connectivity index (χ1) is 8.69. The molecular weight excluding hydrogens is 222 g/mol. The highest BCUT2D eigenvalue weighted by atomic mass is 16.2. The van der Waals surface area contributed by atoms with Crippen LogP contribution in [0.5, 0.6) is 0 Å². The maximum absolute atomic E-state index is 12.3. The Bertz CT molecular complexity index is 554. The zero-order valence-corrected chi connectivity index (χ0v) is 10.5. The van der Waals surface area contributed by atoms with Gasteiger partial charge in [-0.1, -0.05) is 30.3 Å². The Hall–Kier alpha value is -1.57. The average molecular weight is 239 g/mol. The number of carbonyl (C=O) groups is 1. The van der Waals surface area contributed by atoms with Gasteiger partial charge in [-0.3, -0.25) is 4.79 Å².